The lowest BCUT2D eigenvalue weighted by atomic mass is 9.71. The van der Waals surface area contributed by atoms with E-state index in [0.717, 1.165) is 30.1 Å². The van der Waals surface area contributed by atoms with Gasteiger partial charge in [0.2, 0.25) is 0 Å². The van der Waals surface area contributed by atoms with Crippen LogP contribution < -0.4 is 0 Å². The first-order valence-electron chi connectivity index (χ1n) is 14.5. The molecule has 2 saturated carbocycles. The fraction of sp³-hybridized carbons (Fsp3) is 0.588. The van der Waals surface area contributed by atoms with Gasteiger partial charge < -0.3 is 0 Å². The Morgan fingerprint density at radius 2 is 1.21 bits per heavy atom. The molecule has 0 nitrogen and oxygen atoms in total. The van der Waals surface area contributed by atoms with Crippen molar-refractivity contribution in [1.82, 2.24) is 0 Å². The van der Waals surface area contributed by atoms with Crippen LogP contribution in [0.1, 0.15) is 120 Å². The first kappa shape index (κ1) is 25.3. The van der Waals surface area contributed by atoms with Crippen molar-refractivity contribution in [2.45, 2.75) is 109 Å². The van der Waals surface area contributed by atoms with Gasteiger partial charge in [-0.3, -0.25) is 0 Å². The molecule has 0 bridgehead atoms. The highest BCUT2D eigenvalue weighted by atomic mass is 14.3. The molecule has 0 amide bonds. The molecule has 0 heterocycles. The van der Waals surface area contributed by atoms with E-state index in [4.69, 9.17) is 0 Å². The van der Waals surface area contributed by atoms with Crippen LogP contribution in [-0.4, -0.2) is 0 Å². The highest BCUT2D eigenvalue weighted by Gasteiger charge is 2.27. The summed E-state index contributed by atoms with van der Waals surface area (Å²) in [5.41, 5.74) is 5.78. The van der Waals surface area contributed by atoms with Gasteiger partial charge in [-0.15, -0.1) is 6.58 Å². The van der Waals surface area contributed by atoms with Crippen molar-refractivity contribution in [1.29, 1.82) is 0 Å². The molecule has 2 aromatic rings. The predicted octanol–water partition coefficient (Wildman–Crippen LogP) is 10.7. The second-order valence-corrected chi connectivity index (χ2v) is 11.5. The normalized spacial score (nSPS) is 26.2. The zero-order chi connectivity index (χ0) is 23.8. The lowest BCUT2D eigenvalue weighted by Gasteiger charge is -2.34. The lowest BCUT2D eigenvalue weighted by molar-refractivity contribution is 0.232. The fourth-order valence-corrected chi connectivity index (χ4v) is 7.13. The van der Waals surface area contributed by atoms with Crippen LogP contribution in [0, 0.1) is 17.8 Å². The van der Waals surface area contributed by atoms with Crippen molar-refractivity contribution in [3.8, 4) is 11.1 Å². The Bertz CT molecular complexity index is 842. The van der Waals surface area contributed by atoms with Gasteiger partial charge in [0.25, 0.3) is 0 Å². The van der Waals surface area contributed by atoms with Crippen molar-refractivity contribution in [3.63, 3.8) is 0 Å². The Balaban J connectivity index is 1.38. The fourth-order valence-electron chi connectivity index (χ4n) is 7.13. The van der Waals surface area contributed by atoms with Gasteiger partial charge in [0.1, 0.15) is 0 Å². The molecular weight excluding hydrogens is 408 g/mol. The molecule has 0 saturated heterocycles. The summed E-state index contributed by atoms with van der Waals surface area (Å²) < 4.78 is 0. The van der Waals surface area contributed by atoms with Gasteiger partial charge in [-0.05, 0) is 96.8 Å². The van der Waals surface area contributed by atoms with E-state index in [0.29, 0.717) is 5.92 Å². The summed E-state index contributed by atoms with van der Waals surface area (Å²) >= 11 is 0. The Hall–Kier alpha value is -1.82. The van der Waals surface area contributed by atoms with Gasteiger partial charge in [-0.25, -0.2) is 0 Å². The number of hydrogen-bond acceptors (Lipinski definition) is 0. The monoisotopic (exact) mass is 456 g/mol. The van der Waals surface area contributed by atoms with Crippen LogP contribution in [0.5, 0.6) is 0 Å². The highest BCUT2D eigenvalue weighted by molar-refractivity contribution is 5.64. The van der Waals surface area contributed by atoms with Gasteiger partial charge in [-0.1, -0.05) is 107 Å². The zero-order valence-electron chi connectivity index (χ0n) is 22.0. The number of benzene rings is 2. The minimum atomic E-state index is 0.638. The van der Waals surface area contributed by atoms with E-state index in [-0.39, 0.29) is 0 Å². The Kier molecular flexibility index (Phi) is 9.49. The second-order valence-electron chi connectivity index (χ2n) is 11.5. The van der Waals surface area contributed by atoms with Crippen LogP contribution >= 0.6 is 0 Å². The first-order chi connectivity index (χ1) is 16.7. The maximum atomic E-state index is 4.09. The van der Waals surface area contributed by atoms with E-state index in [1.165, 1.54) is 93.7 Å². The SMILES string of the molecule is C=CCC(c1ccc(-c2ccc([C@H]3CC[C@H](CCC)CC3)cc2)cc1)[C@H]1CC[C@H](CCC)CC1. The minimum absolute atomic E-state index is 0.638. The third kappa shape index (κ3) is 6.44. The molecule has 4 rings (SSSR count). The van der Waals surface area contributed by atoms with Crippen molar-refractivity contribution >= 4 is 0 Å². The third-order valence-electron chi connectivity index (χ3n) is 9.18. The van der Waals surface area contributed by atoms with E-state index < -0.39 is 0 Å². The molecule has 0 N–H and O–H groups in total. The molecular formula is C34H48. The van der Waals surface area contributed by atoms with Crippen LogP contribution in [0.2, 0.25) is 0 Å². The summed E-state index contributed by atoms with van der Waals surface area (Å²) in [6.07, 6.45) is 20.0. The molecule has 0 spiro atoms. The van der Waals surface area contributed by atoms with Crippen LogP contribution in [0.4, 0.5) is 0 Å². The highest BCUT2D eigenvalue weighted by Crippen LogP contribution is 2.42. The molecule has 2 aliphatic rings. The molecule has 2 fully saturated rings. The zero-order valence-corrected chi connectivity index (χ0v) is 22.0. The molecule has 2 aliphatic carbocycles. The van der Waals surface area contributed by atoms with E-state index in [9.17, 15) is 0 Å². The Morgan fingerprint density at radius 3 is 1.71 bits per heavy atom. The summed E-state index contributed by atoms with van der Waals surface area (Å²) in [6.45, 7) is 8.75. The molecule has 0 heteroatoms. The van der Waals surface area contributed by atoms with Gasteiger partial charge in [0, 0.05) is 0 Å². The van der Waals surface area contributed by atoms with Crippen molar-refractivity contribution in [2.75, 3.05) is 0 Å². The third-order valence-corrected chi connectivity index (χ3v) is 9.18. The summed E-state index contributed by atoms with van der Waals surface area (Å²) in [5, 5.41) is 0. The van der Waals surface area contributed by atoms with Crippen molar-refractivity contribution in [2.24, 2.45) is 17.8 Å². The Labute approximate surface area is 210 Å². The van der Waals surface area contributed by atoms with Crippen LogP contribution in [-0.2, 0) is 0 Å². The maximum absolute atomic E-state index is 4.09. The number of rotatable bonds is 10. The van der Waals surface area contributed by atoms with E-state index in [1.54, 1.807) is 5.56 Å². The van der Waals surface area contributed by atoms with Gasteiger partial charge in [0.15, 0.2) is 0 Å². The second kappa shape index (κ2) is 12.8. The van der Waals surface area contributed by atoms with Crippen LogP contribution in [0.25, 0.3) is 11.1 Å². The van der Waals surface area contributed by atoms with Crippen molar-refractivity contribution < 1.29 is 0 Å². The molecule has 0 radical (unpaired) electrons. The molecule has 1 atom stereocenters. The molecule has 184 valence electrons. The molecule has 2 aromatic carbocycles. The Morgan fingerprint density at radius 1 is 0.706 bits per heavy atom. The van der Waals surface area contributed by atoms with Crippen LogP contribution in [0.3, 0.4) is 0 Å². The molecule has 34 heavy (non-hydrogen) atoms. The minimum Gasteiger partial charge on any atom is -0.103 e. The smallest absolute Gasteiger partial charge is 0.00991 e. The maximum Gasteiger partial charge on any atom is -0.00991 e. The van der Waals surface area contributed by atoms with Gasteiger partial charge in [0.05, 0.1) is 0 Å². The lowest BCUT2D eigenvalue weighted by Crippen LogP contribution is -2.20. The van der Waals surface area contributed by atoms with Crippen LogP contribution in [0.15, 0.2) is 61.2 Å². The summed E-state index contributed by atoms with van der Waals surface area (Å²) in [6, 6.07) is 19.1. The predicted molar refractivity (Wildman–Crippen MR) is 149 cm³/mol. The average molecular weight is 457 g/mol. The molecule has 1 unspecified atom stereocenters. The topological polar surface area (TPSA) is 0 Å². The summed E-state index contributed by atoms with van der Waals surface area (Å²) in [7, 11) is 0. The first-order valence-corrected chi connectivity index (χ1v) is 14.5. The average Bonchev–Trinajstić information content (AvgIpc) is 2.89. The van der Waals surface area contributed by atoms with E-state index in [1.807, 2.05) is 0 Å². The van der Waals surface area contributed by atoms with Gasteiger partial charge >= 0.3 is 0 Å². The summed E-state index contributed by atoms with van der Waals surface area (Å²) in [4.78, 5) is 0. The largest absolute Gasteiger partial charge is 0.103 e. The summed E-state index contributed by atoms with van der Waals surface area (Å²) in [5.74, 6) is 4.19. The quantitative estimate of drug-likeness (QED) is 0.312. The van der Waals surface area contributed by atoms with E-state index >= 15 is 0 Å². The molecule has 0 aliphatic heterocycles. The van der Waals surface area contributed by atoms with Crippen molar-refractivity contribution in [3.05, 3.63) is 72.3 Å². The van der Waals surface area contributed by atoms with Gasteiger partial charge in [-0.2, -0.15) is 0 Å². The van der Waals surface area contributed by atoms with E-state index in [2.05, 4.69) is 75.0 Å². The standard InChI is InChI=1S/C34H48/c1-4-7-26-10-14-28(15-11-26)29-18-20-30(21-19-29)31-22-24-33(25-23-31)34(9-6-3)32-16-12-27(8-5-2)13-17-32/h6,18-28,32,34H,3-5,7-17H2,1-2H3/t26-,27-,28-,32-,34?. The molecule has 0 aromatic heterocycles. The number of allylic oxidation sites excluding steroid dienone is 1. The number of hydrogen-bond donors (Lipinski definition) is 0.